The topological polar surface area (TPSA) is 133 Å². The molecule has 0 radical (unpaired) electrons. The number of aliphatic hydroxyl groups excluding tert-OH is 1. The van der Waals surface area contributed by atoms with Gasteiger partial charge < -0.3 is 30.3 Å². The maximum atomic E-state index is 12.8. The van der Waals surface area contributed by atoms with Crippen molar-refractivity contribution in [2.75, 3.05) is 44.4 Å². The molecule has 1 aromatic heterocycles. The van der Waals surface area contributed by atoms with Crippen LogP contribution in [0.5, 0.6) is 11.5 Å². The van der Waals surface area contributed by atoms with E-state index in [0.717, 1.165) is 18.8 Å². The number of aliphatic hydroxyl groups is 1. The number of aromatic hydroxyl groups is 2. The molecule has 2 heterocycles. The third-order valence-corrected chi connectivity index (χ3v) is 5.76. The predicted molar refractivity (Wildman–Crippen MR) is 127 cm³/mol. The van der Waals surface area contributed by atoms with E-state index >= 15 is 0 Å². The van der Waals surface area contributed by atoms with E-state index in [0.29, 0.717) is 30.0 Å². The number of hydrogen-bond acceptors (Lipinski definition) is 8. The van der Waals surface area contributed by atoms with Crippen LogP contribution in [0.3, 0.4) is 0 Å². The van der Waals surface area contributed by atoms with Gasteiger partial charge in [-0.2, -0.15) is 0 Å². The highest BCUT2D eigenvalue weighted by molar-refractivity contribution is 5.92. The molecule has 10 nitrogen and oxygen atoms in total. The number of hydrogen-bond donors (Lipinski definition) is 4. The summed E-state index contributed by atoms with van der Waals surface area (Å²) in [4.78, 5) is 15.0. The van der Waals surface area contributed by atoms with Crippen molar-refractivity contribution in [3.05, 3.63) is 47.8 Å². The first-order valence-electron chi connectivity index (χ1n) is 11.2. The average Bonchev–Trinajstić information content (AvgIpc) is 3.28. The maximum Gasteiger partial charge on any atom is 0.289 e. The molecule has 4 N–H and O–H groups in total. The molecule has 1 aliphatic heterocycles. The van der Waals surface area contributed by atoms with E-state index in [2.05, 4.69) is 20.4 Å². The van der Waals surface area contributed by atoms with E-state index < -0.39 is 5.91 Å². The van der Waals surface area contributed by atoms with Crippen molar-refractivity contribution in [1.29, 1.82) is 0 Å². The summed E-state index contributed by atoms with van der Waals surface area (Å²) in [6, 6.07) is 10.6. The predicted octanol–water partition coefficient (Wildman–Crippen LogP) is 2.03. The molecule has 0 bridgehead atoms. The largest absolute Gasteiger partial charge is 0.508 e. The van der Waals surface area contributed by atoms with Crippen molar-refractivity contribution in [3.8, 4) is 28.6 Å². The minimum atomic E-state index is -0.507. The van der Waals surface area contributed by atoms with E-state index in [1.165, 1.54) is 6.07 Å². The lowest BCUT2D eigenvalue weighted by atomic mass is 9.98. The van der Waals surface area contributed by atoms with Gasteiger partial charge in [-0.1, -0.05) is 13.8 Å². The lowest BCUT2D eigenvalue weighted by Gasteiger charge is -2.29. The van der Waals surface area contributed by atoms with Gasteiger partial charge in [-0.05, 0) is 41.8 Å². The number of amides is 1. The van der Waals surface area contributed by atoms with Gasteiger partial charge in [0, 0.05) is 37.1 Å². The van der Waals surface area contributed by atoms with E-state index in [-0.39, 0.29) is 42.2 Å². The zero-order chi connectivity index (χ0) is 24.2. The molecule has 1 saturated heterocycles. The second kappa shape index (κ2) is 10.1. The molecule has 0 spiro atoms. The fourth-order valence-electron chi connectivity index (χ4n) is 3.97. The first-order chi connectivity index (χ1) is 16.4. The van der Waals surface area contributed by atoms with Crippen LogP contribution in [0.15, 0.2) is 36.4 Å². The van der Waals surface area contributed by atoms with Gasteiger partial charge in [-0.3, -0.25) is 9.36 Å². The Hall–Kier alpha value is -3.63. The Bertz CT molecular complexity index is 1150. The number of phenolic OH excluding ortho intramolecular Hbond substituents is 2. The van der Waals surface area contributed by atoms with Crippen LogP contribution in [0.1, 0.15) is 35.9 Å². The van der Waals surface area contributed by atoms with Gasteiger partial charge in [0.1, 0.15) is 11.5 Å². The number of carbonyl (C=O) groups excluding carboxylic acids is 1. The van der Waals surface area contributed by atoms with Crippen LogP contribution in [0.4, 0.5) is 5.69 Å². The Balaban J connectivity index is 1.81. The lowest BCUT2D eigenvalue weighted by Crippen LogP contribution is -2.36. The number of nitrogens with one attached hydrogen (secondary N) is 1. The van der Waals surface area contributed by atoms with Gasteiger partial charge in [-0.15, -0.1) is 10.2 Å². The molecule has 34 heavy (non-hydrogen) atoms. The molecule has 0 saturated carbocycles. The highest BCUT2D eigenvalue weighted by Gasteiger charge is 2.24. The lowest BCUT2D eigenvalue weighted by molar-refractivity contribution is 0.0932. The van der Waals surface area contributed by atoms with Crippen LogP contribution in [-0.2, 0) is 4.74 Å². The van der Waals surface area contributed by atoms with E-state index in [1.807, 2.05) is 38.1 Å². The van der Waals surface area contributed by atoms with Crippen LogP contribution < -0.4 is 10.2 Å². The molecule has 180 valence electrons. The molecule has 0 aliphatic carbocycles. The van der Waals surface area contributed by atoms with Crippen LogP contribution >= 0.6 is 0 Å². The molecular weight excluding hydrogens is 438 g/mol. The Kier molecular flexibility index (Phi) is 6.99. The second-order valence-electron chi connectivity index (χ2n) is 8.36. The SMILES string of the molecule is CC(C)c1cc(-c2nnc(C(=O)NCCO)n2-c2ccc(N3CCOCC3)cc2)c(O)cc1O. The van der Waals surface area contributed by atoms with Crippen molar-refractivity contribution < 1.29 is 24.9 Å². The third kappa shape index (κ3) is 4.68. The third-order valence-electron chi connectivity index (χ3n) is 5.76. The van der Waals surface area contributed by atoms with Crippen molar-refractivity contribution >= 4 is 11.6 Å². The summed E-state index contributed by atoms with van der Waals surface area (Å²) >= 11 is 0. The summed E-state index contributed by atoms with van der Waals surface area (Å²) in [5, 5.41) is 40.9. The van der Waals surface area contributed by atoms with Crippen LogP contribution in [-0.4, -0.2) is 75.4 Å². The number of nitrogens with zero attached hydrogens (tertiary/aromatic N) is 4. The normalized spacial score (nSPS) is 13.9. The molecule has 3 aromatic rings. The van der Waals surface area contributed by atoms with E-state index in [4.69, 9.17) is 9.84 Å². The number of benzene rings is 2. The second-order valence-corrected chi connectivity index (χ2v) is 8.36. The number of phenols is 2. The minimum absolute atomic E-state index is 0.00384. The Labute approximate surface area is 197 Å². The summed E-state index contributed by atoms with van der Waals surface area (Å²) in [7, 11) is 0. The Morgan fingerprint density at radius 2 is 1.74 bits per heavy atom. The smallest absolute Gasteiger partial charge is 0.289 e. The maximum absolute atomic E-state index is 12.8. The minimum Gasteiger partial charge on any atom is -0.508 e. The quantitative estimate of drug-likeness (QED) is 0.415. The monoisotopic (exact) mass is 467 g/mol. The zero-order valence-corrected chi connectivity index (χ0v) is 19.2. The summed E-state index contributed by atoms with van der Waals surface area (Å²) in [6.07, 6.45) is 0. The Morgan fingerprint density at radius 1 is 1.06 bits per heavy atom. The van der Waals surface area contributed by atoms with Gasteiger partial charge in [0.15, 0.2) is 5.82 Å². The van der Waals surface area contributed by atoms with Crippen molar-refractivity contribution in [1.82, 2.24) is 20.1 Å². The van der Waals surface area contributed by atoms with Crippen LogP contribution in [0, 0.1) is 0 Å². The van der Waals surface area contributed by atoms with Crippen molar-refractivity contribution in [3.63, 3.8) is 0 Å². The van der Waals surface area contributed by atoms with Crippen molar-refractivity contribution in [2.24, 2.45) is 0 Å². The van der Waals surface area contributed by atoms with Crippen LogP contribution in [0.2, 0.25) is 0 Å². The number of morpholine rings is 1. The zero-order valence-electron chi connectivity index (χ0n) is 19.2. The van der Waals surface area contributed by atoms with E-state index in [9.17, 15) is 15.0 Å². The molecule has 4 rings (SSSR count). The number of ether oxygens (including phenoxy) is 1. The summed E-state index contributed by atoms with van der Waals surface area (Å²) in [5.74, 6) is -0.432. The average molecular weight is 468 g/mol. The molecule has 1 fully saturated rings. The summed E-state index contributed by atoms with van der Waals surface area (Å²) in [6.45, 7) is 6.65. The number of aromatic nitrogens is 3. The van der Waals surface area contributed by atoms with Gasteiger partial charge in [-0.25, -0.2) is 0 Å². The molecule has 0 atom stereocenters. The summed E-state index contributed by atoms with van der Waals surface area (Å²) < 4.78 is 6.98. The van der Waals surface area contributed by atoms with Gasteiger partial charge >= 0.3 is 0 Å². The fraction of sp³-hybridized carbons (Fsp3) is 0.375. The highest BCUT2D eigenvalue weighted by atomic mass is 16.5. The molecule has 1 aliphatic rings. The number of carbonyl (C=O) groups is 1. The first kappa shape index (κ1) is 23.5. The molecule has 1 amide bonds. The molecule has 0 unspecified atom stereocenters. The van der Waals surface area contributed by atoms with Crippen molar-refractivity contribution in [2.45, 2.75) is 19.8 Å². The van der Waals surface area contributed by atoms with Gasteiger partial charge in [0.25, 0.3) is 5.91 Å². The summed E-state index contributed by atoms with van der Waals surface area (Å²) in [5.41, 5.74) is 2.64. The Morgan fingerprint density at radius 3 is 2.38 bits per heavy atom. The van der Waals surface area contributed by atoms with Gasteiger partial charge in [0.05, 0.1) is 25.4 Å². The fourth-order valence-corrected chi connectivity index (χ4v) is 3.97. The highest BCUT2D eigenvalue weighted by Crippen LogP contribution is 2.38. The molecular formula is C24H29N5O5. The number of rotatable bonds is 7. The number of anilines is 1. The van der Waals surface area contributed by atoms with Gasteiger partial charge in [0.2, 0.25) is 5.82 Å². The first-order valence-corrected chi connectivity index (χ1v) is 11.2. The van der Waals surface area contributed by atoms with E-state index in [1.54, 1.807) is 10.6 Å². The van der Waals surface area contributed by atoms with Crippen LogP contribution in [0.25, 0.3) is 17.1 Å². The molecule has 10 heteroatoms. The molecule has 2 aromatic carbocycles. The standard InChI is InChI=1S/C24H29N5O5/c1-15(2)18-13-19(21(32)14-20(18)31)22-26-27-23(24(33)25-7-10-30)29(22)17-5-3-16(4-6-17)28-8-11-34-12-9-28/h3-6,13-15,30-32H,7-12H2,1-2H3,(H,25,33).